The molecule has 1 unspecified atom stereocenters. The molecule has 5 heteroatoms. The lowest BCUT2D eigenvalue weighted by atomic mass is 10.1. The molecule has 1 atom stereocenters. The van der Waals surface area contributed by atoms with Crippen molar-refractivity contribution in [3.63, 3.8) is 0 Å². The number of hydrogen-bond donors (Lipinski definition) is 2. The van der Waals surface area contributed by atoms with Crippen LogP contribution in [0.4, 0.5) is 5.69 Å². The van der Waals surface area contributed by atoms with Gasteiger partial charge < -0.3 is 10.4 Å². The maximum atomic E-state index is 12.4. The third-order valence-corrected chi connectivity index (χ3v) is 5.89. The van der Waals surface area contributed by atoms with Crippen molar-refractivity contribution in [3.05, 3.63) is 72.3 Å². The molecule has 2 aromatic rings. The van der Waals surface area contributed by atoms with Crippen LogP contribution in [0.1, 0.15) is 51.0 Å². The second kappa shape index (κ2) is 13.5. The molecule has 0 heterocycles. The SMILES string of the molecule is CCCCCCCC=CCS(=O)c1ccc(NC(=O)C=Cc2ccc(O)cc2)cc1. The smallest absolute Gasteiger partial charge is 0.248 e. The summed E-state index contributed by atoms with van der Waals surface area (Å²) in [6.07, 6.45) is 14.6. The maximum Gasteiger partial charge on any atom is 0.248 e. The lowest BCUT2D eigenvalue weighted by Gasteiger charge is -2.04. The van der Waals surface area contributed by atoms with E-state index >= 15 is 0 Å². The van der Waals surface area contributed by atoms with Crippen LogP contribution in [0.5, 0.6) is 5.75 Å². The molecule has 0 spiro atoms. The fourth-order valence-corrected chi connectivity index (χ4v) is 3.81. The molecule has 0 saturated heterocycles. The number of hydrogen-bond acceptors (Lipinski definition) is 3. The zero-order chi connectivity index (χ0) is 21.6. The van der Waals surface area contributed by atoms with Crippen LogP contribution in [0, 0.1) is 0 Å². The first kappa shape index (κ1) is 23.6. The fraction of sp³-hybridized carbons (Fsp3) is 0.320. The molecular formula is C25H31NO3S. The van der Waals surface area contributed by atoms with Crippen LogP contribution in [0.3, 0.4) is 0 Å². The minimum atomic E-state index is -1.08. The van der Waals surface area contributed by atoms with Gasteiger partial charge in [0.05, 0.1) is 10.8 Å². The van der Waals surface area contributed by atoms with Crippen molar-refractivity contribution in [2.75, 3.05) is 11.1 Å². The number of nitrogens with one attached hydrogen (secondary N) is 1. The standard InChI is InChI=1S/C25H31NO3S/c1-2-3-4-5-6-7-8-9-20-30(29)24-17-13-22(14-18-24)26-25(28)19-12-21-10-15-23(27)16-11-21/h8-19,27H,2-7,20H2,1H3,(H,26,28). The highest BCUT2D eigenvalue weighted by molar-refractivity contribution is 7.85. The van der Waals surface area contributed by atoms with Crippen molar-refractivity contribution < 1.29 is 14.1 Å². The van der Waals surface area contributed by atoms with Gasteiger partial charge in [0.2, 0.25) is 5.91 Å². The molecule has 2 rings (SSSR count). The Morgan fingerprint density at radius 2 is 1.67 bits per heavy atom. The van der Waals surface area contributed by atoms with E-state index in [0.29, 0.717) is 11.4 Å². The highest BCUT2D eigenvalue weighted by atomic mass is 32.2. The fourth-order valence-electron chi connectivity index (χ4n) is 2.87. The van der Waals surface area contributed by atoms with Gasteiger partial charge in [0.25, 0.3) is 0 Å². The summed E-state index contributed by atoms with van der Waals surface area (Å²) in [5.41, 5.74) is 1.47. The summed E-state index contributed by atoms with van der Waals surface area (Å²) in [6.45, 7) is 2.21. The number of benzene rings is 2. The van der Waals surface area contributed by atoms with E-state index in [-0.39, 0.29) is 11.7 Å². The summed E-state index contributed by atoms with van der Waals surface area (Å²) in [5, 5.41) is 12.1. The Kier molecular flexibility index (Phi) is 10.7. The van der Waals surface area contributed by atoms with E-state index < -0.39 is 10.8 Å². The van der Waals surface area contributed by atoms with Crippen molar-refractivity contribution in [3.8, 4) is 5.75 Å². The topological polar surface area (TPSA) is 66.4 Å². The van der Waals surface area contributed by atoms with Crippen LogP contribution < -0.4 is 5.32 Å². The van der Waals surface area contributed by atoms with Crippen molar-refractivity contribution in [1.82, 2.24) is 0 Å². The predicted molar refractivity (Wildman–Crippen MR) is 126 cm³/mol. The van der Waals surface area contributed by atoms with Gasteiger partial charge in [-0.05, 0) is 60.9 Å². The van der Waals surface area contributed by atoms with E-state index in [2.05, 4.69) is 18.3 Å². The molecule has 0 aliphatic rings. The highest BCUT2D eigenvalue weighted by Crippen LogP contribution is 2.14. The minimum absolute atomic E-state index is 0.187. The van der Waals surface area contributed by atoms with Gasteiger partial charge in [-0.15, -0.1) is 0 Å². The Bertz CT molecular complexity index is 855. The number of phenols is 1. The summed E-state index contributed by atoms with van der Waals surface area (Å²) in [5.74, 6) is 0.446. The number of amides is 1. The molecule has 0 aromatic heterocycles. The molecule has 4 nitrogen and oxygen atoms in total. The Morgan fingerprint density at radius 1 is 0.967 bits per heavy atom. The van der Waals surface area contributed by atoms with Crippen LogP contribution in [0.2, 0.25) is 0 Å². The van der Waals surface area contributed by atoms with Crippen LogP contribution in [-0.2, 0) is 15.6 Å². The Labute approximate surface area is 182 Å². The Hall–Kier alpha value is -2.66. The summed E-state index contributed by atoms with van der Waals surface area (Å²) >= 11 is 0. The van der Waals surface area contributed by atoms with Gasteiger partial charge in [0.15, 0.2) is 0 Å². The van der Waals surface area contributed by atoms with E-state index in [4.69, 9.17) is 0 Å². The normalized spacial score (nSPS) is 12.4. The van der Waals surface area contributed by atoms with E-state index in [1.54, 1.807) is 54.6 Å². The number of rotatable bonds is 12. The number of allylic oxidation sites excluding steroid dienone is 1. The monoisotopic (exact) mass is 425 g/mol. The highest BCUT2D eigenvalue weighted by Gasteiger charge is 2.03. The van der Waals surface area contributed by atoms with Crippen LogP contribution in [0.15, 0.2) is 71.7 Å². The first-order valence-corrected chi connectivity index (χ1v) is 11.8. The third-order valence-electron chi connectivity index (χ3n) is 4.59. The van der Waals surface area contributed by atoms with Gasteiger partial charge in [-0.25, -0.2) is 0 Å². The van der Waals surface area contributed by atoms with Crippen LogP contribution >= 0.6 is 0 Å². The van der Waals surface area contributed by atoms with Gasteiger partial charge in [-0.1, -0.05) is 56.9 Å². The third kappa shape index (κ3) is 9.23. The lowest BCUT2D eigenvalue weighted by molar-refractivity contribution is -0.111. The van der Waals surface area contributed by atoms with Gasteiger partial charge in [-0.3, -0.25) is 9.00 Å². The van der Waals surface area contributed by atoms with Gasteiger partial charge in [0.1, 0.15) is 5.75 Å². The number of aromatic hydroxyl groups is 1. The molecule has 2 N–H and O–H groups in total. The van der Waals surface area contributed by atoms with Crippen LogP contribution in [0.25, 0.3) is 6.08 Å². The average molecular weight is 426 g/mol. The summed E-state index contributed by atoms with van der Waals surface area (Å²) < 4.78 is 12.4. The lowest BCUT2D eigenvalue weighted by Crippen LogP contribution is -2.07. The van der Waals surface area contributed by atoms with E-state index in [9.17, 15) is 14.1 Å². The predicted octanol–water partition coefficient (Wildman–Crippen LogP) is 6.07. The number of unbranched alkanes of at least 4 members (excludes halogenated alkanes) is 5. The summed E-state index contributed by atoms with van der Waals surface area (Å²) in [4.78, 5) is 12.8. The Morgan fingerprint density at radius 3 is 2.37 bits per heavy atom. The molecule has 0 saturated carbocycles. The first-order valence-electron chi connectivity index (χ1n) is 10.5. The molecule has 0 fully saturated rings. The van der Waals surface area contributed by atoms with E-state index in [1.165, 1.54) is 38.2 Å². The molecular weight excluding hydrogens is 394 g/mol. The molecule has 0 radical (unpaired) electrons. The number of carbonyl (C=O) groups is 1. The average Bonchev–Trinajstić information content (AvgIpc) is 2.75. The minimum Gasteiger partial charge on any atom is -0.508 e. The molecule has 30 heavy (non-hydrogen) atoms. The number of anilines is 1. The number of phenolic OH excluding ortho intramolecular Hbond substituents is 1. The molecule has 0 aliphatic heterocycles. The first-order chi connectivity index (χ1) is 14.6. The zero-order valence-corrected chi connectivity index (χ0v) is 18.4. The second-order valence-electron chi connectivity index (χ2n) is 7.12. The molecule has 0 aliphatic carbocycles. The summed E-state index contributed by atoms with van der Waals surface area (Å²) in [6, 6.07) is 13.7. The molecule has 1 amide bonds. The van der Waals surface area contributed by atoms with Crippen molar-refractivity contribution in [2.45, 2.75) is 50.3 Å². The van der Waals surface area contributed by atoms with Crippen molar-refractivity contribution >= 4 is 28.5 Å². The van der Waals surface area contributed by atoms with Crippen LogP contribution in [-0.4, -0.2) is 21.0 Å². The molecule has 2 aromatic carbocycles. The summed E-state index contributed by atoms with van der Waals surface area (Å²) in [7, 11) is -1.08. The zero-order valence-electron chi connectivity index (χ0n) is 17.5. The van der Waals surface area contributed by atoms with E-state index in [1.807, 2.05) is 6.08 Å². The largest absolute Gasteiger partial charge is 0.508 e. The van der Waals surface area contributed by atoms with E-state index in [0.717, 1.165) is 16.9 Å². The van der Waals surface area contributed by atoms with Gasteiger partial charge in [-0.2, -0.15) is 0 Å². The quantitative estimate of drug-likeness (QED) is 0.246. The van der Waals surface area contributed by atoms with Gasteiger partial charge in [0, 0.05) is 22.4 Å². The molecule has 0 bridgehead atoms. The second-order valence-corrected chi connectivity index (χ2v) is 8.62. The van der Waals surface area contributed by atoms with Crippen molar-refractivity contribution in [1.29, 1.82) is 0 Å². The Balaban J connectivity index is 1.75. The maximum absolute atomic E-state index is 12.4. The molecule has 160 valence electrons. The number of carbonyl (C=O) groups excluding carboxylic acids is 1. The van der Waals surface area contributed by atoms with Gasteiger partial charge >= 0.3 is 0 Å². The van der Waals surface area contributed by atoms with Crippen molar-refractivity contribution in [2.24, 2.45) is 0 Å².